The number of sulfonamides is 1. The summed E-state index contributed by atoms with van der Waals surface area (Å²) < 4.78 is 32.0. The molecular weight excluding hydrogens is 286 g/mol. The summed E-state index contributed by atoms with van der Waals surface area (Å²) >= 11 is 0. The highest BCUT2D eigenvalue weighted by Crippen LogP contribution is 2.37. The van der Waals surface area contributed by atoms with Crippen molar-refractivity contribution in [1.29, 1.82) is 0 Å². The highest BCUT2D eigenvalue weighted by Gasteiger charge is 2.46. The van der Waals surface area contributed by atoms with Crippen LogP contribution in [0.5, 0.6) is 5.75 Å². The zero-order valence-electron chi connectivity index (χ0n) is 10.8. The fourth-order valence-corrected chi connectivity index (χ4v) is 3.45. The third kappa shape index (κ3) is 2.77. The SMILES string of the molecule is COc1ccc(C(=O)O)cc1S(=O)(=O)NC1(CO)CC1. The second kappa shape index (κ2) is 5.04. The third-order valence-electron chi connectivity index (χ3n) is 3.21. The molecule has 1 aromatic rings. The summed E-state index contributed by atoms with van der Waals surface area (Å²) in [5.41, 5.74) is -0.983. The number of aliphatic hydroxyl groups excluding tert-OH is 1. The Kier molecular flexibility index (Phi) is 3.72. The molecule has 3 N–H and O–H groups in total. The predicted molar refractivity (Wildman–Crippen MR) is 69.3 cm³/mol. The van der Waals surface area contributed by atoms with E-state index in [1.54, 1.807) is 0 Å². The zero-order valence-corrected chi connectivity index (χ0v) is 11.6. The summed E-state index contributed by atoms with van der Waals surface area (Å²) in [6.07, 6.45) is 1.09. The number of aromatic carboxylic acids is 1. The van der Waals surface area contributed by atoms with Crippen molar-refractivity contribution in [2.24, 2.45) is 0 Å². The van der Waals surface area contributed by atoms with Gasteiger partial charge in [0.1, 0.15) is 10.6 Å². The van der Waals surface area contributed by atoms with Crippen LogP contribution in [0.3, 0.4) is 0 Å². The molecule has 1 fully saturated rings. The Labute approximate surface area is 116 Å². The first-order chi connectivity index (χ1) is 9.33. The van der Waals surface area contributed by atoms with Gasteiger partial charge in [0, 0.05) is 0 Å². The maximum Gasteiger partial charge on any atom is 0.335 e. The summed E-state index contributed by atoms with van der Waals surface area (Å²) in [7, 11) is -2.67. The summed E-state index contributed by atoms with van der Waals surface area (Å²) in [6.45, 7) is -0.298. The van der Waals surface area contributed by atoms with E-state index in [0.717, 1.165) is 6.07 Å². The fourth-order valence-electron chi connectivity index (χ4n) is 1.80. The number of aliphatic hydroxyl groups is 1. The molecule has 0 aliphatic heterocycles. The molecule has 0 unspecified atom stereocenters. The number of carboxylic acids is 1. The molecule has 0 amide bonds. The highest BCUT2D eigenvalue weighted by atomic mass is 32.2. The molecule has 8 heteroatoms. The molecule has 0 saturated heterocycles. The maximum absolute atomic E-state index is 12.3. The second-order valence-corrected chi connectivity index (χ2v) is 6.37. The maximum atomic E-state index is 12.3. The molecule has 0 heterocycles. The van der Waals surface area contributed by atoms with E-state index >= 15 is 0 Å². The minimum absolute atomic E-state index is 0.0521. The van der Waals surface area contributed by atoms with Crippen LogP contribution in [0.1, 0.15) is 23.2 Å². The molecule has 7 nitrogen and oxygen atoms in total. The van der Waals surface area contributed by atoms with E-state index in [1.165, 1.54) is 19.2 Å². The number of benzene rings is 1. The Morgan fingerprint density at radius 2 is 2.10 bits per heavy atom. The van der Waals surface area contributed by atoms with Crippen molar-refractivity contribution in [1.82, 2.24) is 4.72 Å². The van der Waals surface area contributed by atoms with Crippen molar-refractivity contribution in [2.45, 2.75) is 23.3 Å². The second-order valence-electron chi connectivity index (χ2n) is 4.71. The van der Waals surface area contributed by atoms with E-state index < -0.39 is 21.5 Å². The Balaban J connectivity index is 2.44. The van der Waals surface area contributed by atoms with Gasteiger partial charge >= 0.3 is 5.97 Å². The molecule has 0 atom stereocenters. The van der Waals surface area contributed by atoms with Gasteiger partial charge in [0.15, 0.2) is 0 Å². The summed E-state index contributed by atoms with van der Waals surface area (Å²) in [5.74, 6) is -1.18. The molecular formula is C12H15NO6S. The lowest BCUT2D eigenvalue weighted by Gasteiger charge is -2.16. The predicted octanol–water partition coefficient (Wildman–Crippen LogP) is 0.197. The molecule has 1 saturated carbocycles. The lowest BCUT2D eigenvalue weighted by molar-refractivity contribution is 0.0696. The number of nitrogens with one attached hydrogen (secondary N) is 1. The summed E-state index contributed by atoms with van der Waals surface area (Å²) in [4.78, 5) is 10.7. The van der Waals surface area contributed by atoms with Crippen LogP contribution in [0.4, 0.5) is 0 Å². The lowest BCUT2D eigenvalue weighted by Crippen LogP contribution is -2.39. The smallest absolute Gasteiger partial charge is 0.335 e. The minimum Gasteiger partial charge on any atom is -0.495 e. The average Bonchev–Trinajstić information content (AvgIpc) is 3.17. The Hall–Kier alpha value is -1.64. The number of hydrogen-bond acceptors (Lipinski definition) is 5. The number of carbonyl (C=O) groups is 1. The van der Waals surface area contributed by atoms with E-state index in [0.29, 0.717) is 12.8 Å². The zero-order chi connectivity index (χ0) is 15.0. The van der Waals surface area contributed by atoms with Crippen molar-refractivity contribution >= 4 is 16.0 Å². The Bertz CT molecular complexity index is 635. The first kappa shape index (κ1) is 14.8. The van der Waals surface area contributed by atoms with Crippen LogP contribution in [0.15, 0.2) is 23.1 Å². The standard InChI is InChI=1S/C12H15NO6S/c1-19-9-3-2-8(11(15)16)6-10(9)20(17,18)13-12(7-14)4-5-12/h2-3,6,13-14H,4-5,7H2,1H3,(H,15,16). The number of hydrogen-bond donors (Lipinski definition) is 3. The molecule has 1 aromatic carbocycles. The van der Waals surface area contributed by atoms with Crippen molar-refractivity contribution in [3.8, 4) is 5.75 Å². The number of rotatable bonds is 6. The first-order valence-corrected chi connectivity index (χ1v) is 7.38. The monoisotopic (exact) mass is 301 g/mol. The van der Waals surface area contributed by atoms with Crippen LogP contribution >= 0.6 is 0 Å². The fraction of sp³-hybridized carbons (Fsp3) is 0.417. The van der Waals surface area contributed by atoms with Gasteiger partial charge in [-0.15, -0.1) is 0 Å². The van der Waals surface area contributed by atoms with Gasteiger partial charge in [-0.3, -0.25) is 0 Å². The van der Waals surface area contributed by atoms with Crippen LogP contribution in [0, 0.1) is 0 Å². The number of ether oxygens (including phenoxy) is 1. The molecule has 20 heavy (non-hydrogen) atoms. The van der Waals surface area contributed by atoms with Gasteiger partial charge in [0.25, 0.3) is 0 Å². The summed E-state index contributed by atoms with van der Waals surface area (Å²) in [5, 5.41) is 18.1. The van der Waals surface area contributed by atoms with Gasteiger partial charge in [-0.1, -0.05) is 0 Å². The number of carboxylic acid groups (broad SMARTS) is 1. The normalized spacial score (nSPS) is 16.7. The highest BCUT2D eigenvalue weighted by molar-refractivity contribution is 7.89. The van der Waals surface area contributed by atoms with E-state index in [1.807, 2.05) is 0 Å². The molecule has 1 aliphatic carbocycles. The van der Waals surface area contributed by atoms with Gasteiger partial charge in [-0.2, -0.15) is 0 Å². The van der Waals surface area contributed by atoms with Gasteiger partial charge < -0.3 is 14.9 Å². The topological polar surface area (TPSA) is 113 Å². The Morgan fingerprint density at radius 1 is 1.45 bits per heavy atom. The summed E-state index contributed by atoms with van der Waals surface area (Å²) in [6, 6.07) is 3.59. The van der Waals surface area contributed by atoms with Gasteiger partial charge in [0.2, 0.25) is 10.0 Å². The van der Waals surface area contributed by atoms with Crippen LogP contribution in [0.2, 0.25) is 0 Å². The first-order valence-electron chi connectivity index (χ1n) is 5.90. The van der Waals surface area contributed by atoms with Crippen molar-refractivity contribution in [2.75, 3.05) is 13.7 Å². The van der Waals surface area contributed by atoms with Gasteiger partial charge in [-0.25, -0.2) is 17.9 Å². The van der Waals surface area contributed by atoms with Crippen LogP contribution < -0.4 is 9.46 Å². The molecule has 1 aliphatic rings. The van der Waals surface area contributed by atoms with Gasteiger partial charge in [-0.05, 0) is 31.0 Å². The number of methoxy groups -OCH3 is 1. The molecule has 0 bridgehead atoms. The van der Waals surface area contributed by atoms with E-state index in [9.17, 15) is 18.3 Å². The molecule has 0 spiro atoms. The van der Waals surface area contributed by atoms with Gasteiger partial charge in [0.05, 0.1) is 24.8 Å². The Morgan fingerprint density at radius 3 is 2.55 bits per heavy atom. The van der Waals surface area contributed by atoms with Crippen LogP contribution in [-0.4, -0.2) is 43.9 Å². The largest absolute Gasteiger partial charge is 0.495 e. The van der Waals surface area contributed by atoms with E-state index in [-0.39, 0.29) is 22.8 Å². The van der Waals surface area contributed by atoms with Crippen molar-refractivity contribution in [3.05, 3.63) is 23.8 Å². The van der Waals surface area contributed by atoms with Crippen LogP contribution in [-0.2, 0) is 10.0 Å². The quantitative estimate of drug-likeness (QED) is 0.691. The van der Waals surface area contributed by atoms with Crippen molar-refractivity contribution in [3.63, 3.8) is 0 Å². The minimum atomic E-state index is -3.96. The molecule has 110 valence electrons. The molecule has 2 rings (SSSR count). The third-order valence-corrected chi connectivity index (χ3v) is 4.81. The van der Waals surface area contributed by atoms with E-state index in [2.05, 4.69) is 4.72 Å². The van der Waals surface area contributed by atoms with E-state index in [4.69, 9.17) is 9.84 Å². The van der Waals surface area contributed by atoms with Crippen molar-refractivity contribution < 1.29 is 28.2 Å². The molecule has 0 aromatic heterocycles. The average molecular weight is 301 g/mol. The van der Waals surface area contributed by atoms with Crippen LogP contribution in [0.25, 0.3) is 0 Å². The lowest BCUT2D eigenvalue weighted by atomic mass is 10.2. The molecule has 0 radical (unpaired) electrons.